The van der Waals surface area contributed by atoms with E-state index in [9.17, 15) is 9.59 Å². The van der Waals surface area contributed by atoms with Crippen LogP contribution < -0.4 is 9.64 Å². The molecule has 0 aliphatic carbocycles. The first kappa shape index (κ1) is 19.4. The lowest BCUT2D eigenvalue weighted by molar-refractivity contribution is -0.139. The molecule has 0 saturated carbocycles. The Balaban J connectivity index is 1.70. The molecule has 0 radical (unpaired) electrons. The number of ether oxygens (including phenoxy) is 1. The first-order valence-corrected chi connectivity index (χ1v) is 9.42. The van der Waals surface area contributed by atoms with E-state index in [1.54, 1.807) is 29.2 Å². The number of hydrogen-bond donors (Lipinski definition) is 0. The van der Waals surface area contributed by atoms with Crippen LogP contribution in [0.4, 0.5) is 5.69 Å². The molecule has 1 atom stereocenters. The molecule has 27 heavy (non-hydrogen) atoms. The van der Waals surface area contributed by atoms with Gasteiger partial charge in [-0.25, -0.2) is 0 Å². The second-order valence-electron chi connectivity index (χ2n) is 7.98. The Hall–Kier alpha value is -2.33. The lowest BCUT2D eigenvalue weighted by Crippen LogP contribution is -2.27. The number of halogens is 1. The van der Waals surface area contributed by atoms with Gasteiger partial charge in [0.25, 0.3) is 0 Å². The Morgan fingerprint density at radius 2 is 1.81 bits per heavy atom. The molecule has 0 spiro atoms. The number of nitrogens with zero attached hydrogens (tertiary/aromatic N) is 1. The van der Waals surface area contributed by atoms with Gasteiger partial charge in [0.05, 0.1) is 5.92 Å². The van der Waals surface area contributed by atoms with E-state index in [1.165, 1.54) is 5.56 Å². The molecular weight excluding hydrogens is 362 g/mol. The van der Waals surface area contributed by atoms with E-state index in [1.807, 2.05) is 25.1 Å². The molecule has 1 amide bonds. The molecule has 1 saturated heterocycles. The number of rotatable bonds is 3. The summed E-state index contributed by atoms with van der Waals surface area (Å²) in [4.78, 5) is 26.6. The van der Waals surface area contributed by atoms with Gasteiger partial charge >= 0.3 is 5.97 Å². The highest BCUT2D eigenvalue weighted by Gasteiger charge is 2.37. The summed E-state index contributed by atoms with van der Waals surface area (Å²) in [6, 6.07) is 13.0. The van der Waals surface area contributed by atoms with E-state index in [0.29, 0.717) is 17.3 Å². The van der Waals surface area contributed by atoms with Crippen LogP contribution in [-0.2, 0) is 15.0 Å². The maximum Gasteiger partial charge on any atom is 0.316 e. The molecule has 0 aromatic heterocycles. The largest absolute Gasteiger partial charge is 0.426 e. The standard InChI is InChI=1S/C22H24ClNO3/c1-14-18(23)6-5-7-19(14)24-13-15(12-20(24)25)21(26)27-17-10-8-16(9-11-17)22(2,3)4/h5-11,15H,12-13H2,1-4H3/t15-/m1/s1. The van der Waals surface area contributed by atoms with Gasteiger partial charge < -0.3 is 9.64 Å². The fraction of sp³-hybridized carbons (Fsp3) is 0.364. The van der Waals surface area contributed by atoms with Gasteiger partial charge in [-0.05, 0) is 47.7 Å². The highest BCUT2D eigenvalue weighted by Crippen LogP contribution is 2.32. The number of carbonyl (C=O) groups is 2. The Bertz CT molecular complexity index is 868. The number of carbonyl (C=O) groups excluding carboxylic acids is 2. The molecule has 0 bridgehead atoms. The second-order valence-corrected chi connectivity index (χ2v) is 8.39. The lowest BCUT2D eigenvalue weighted by atomic mass is 9.87. The Labute approximate surface area is 165 Å². The molecular formula is C22H24ClNO3. The maximum atomic E-state index is 12.5. The predicted molar refractivity (Wildman–Crippen MR) is 107 cm³/mol. The van der Waals surface area contributed by atoms with Crippen LogP contribution in [0.15, 0.2) is 42.5 Å². The van der Waals surface area contributed by atoms with E-state index in [2.05, 4.69) is 20.8 Å². The highest BCUT2D eigenvalue weighted by atomic mass is 35.5. The summed E-state index contributed by atoms with van der Waals surface area (Å²) in [5.41, 5.74) is 2.79. The molecule has 4 nitrogen and oxygen atoms in total. The lowest BCUT2D eigenvalue weighted by Gasteiger charge is -2.20. The van der Waals surface area contributed by atoms with Crippen molar-refractivity contribution in [1.82, 2.24) is 0 Å². The quantitative estimate of drug-likeness (QED) is 0.557. The highest BCUT2D eigenvalue weighted by molar-refractivity contribution is 6.31. The first-order valence-electron chi connectivity index (χ1n) is 9.04. The minimum absolute atomic E-state index is 0.0374. The molecule has 0 N–H and O–H groups in total. The van der Waals surface area contributed by atoms with Crippen LogP contribution >= 0.6 is 11.6 Å². The van der Waals surface area contributed by atoms with Gasteiger partial charge in [-0.15, -0.1) is 0 Å². The number of anilines is 1. The molecule has 142 valence electrons. The van der Waals surface area contributed by atoms with Crippen molar-refractivity contribution in [3.63, 3.8) is 0 Å². The van der Waals surface area contributed by atoms with Gasteiger partial charge in [-0.3, -0.25) is 9.59 Å². The van der Waals surface area contributed by atoms with Crippen molar-refractivity contribution >= 4 is 29.2 Å². The summed E-state index contributed by atoms with van der Waals surface area (Å²) < 4.78 is 5.51. The summed E-state index contributed by atoms with van der Waals surface area (Å²) in [5.74, 6) is -0.463. The summed E-state index contributed by atoms with van der Waals surface area (Å²) >= 11 is 6.16. The van der Waals surface area contributed by atoms with Crippen LogP contribution in [0.3, 0.4) is 0 Å². The van der Waals surface area contributed by atoms with Gasteiger partial charge in [-0.1, -0.05) is 50.6 Å². The molecule has 1 fully saturated rings. The van der Waals surface area contributed by atoms with Gasteiger partial charge in [0.2, 0.25) is 5.91 Å². The van der Waals surface area contributed by atoms with E-state index < -0.39 is 5.92 Å². The molecule has 5 heteroatoms. The van der Waals surface area contributed by atoms with Crippen LogP contribution in [0, 0.1) is 12.8 Å². The molecule has 1 aliphatic rings. The molecule has 1 aliphatic heterocycles. The van der Waals surface area contributed by atoms with Gasteiger partial charge in [-0.2, -0.15) is 0 Å². The Morgan fingerprint density at radius 3 is 2.44 bits per heavy atom. The third-order valence-electron chi connectivity index (χ3n) is 4.93. The minimum atomic E-state index is -0.488. The molecule has 3 rings (SSSR count). The van der Waals surface area contributed by atoms with E-state index in [-0.39, 0.29) is 23.7 Å². The number of amides is 1. The van der Waals surface area contributed by atoms with Crippen molar-refractivity contribution < 1.29 is 14.3 Å². The van der Waals surface area contributed by atoms with E-state index >= 15 is 0 Å². The average molecular weight is 386 g/mol. The molecule has 1 heterocycles. The van der Waals surface area contributed by atoms with Gasteiger partial charge in [0.1, 0.15) is 5.75 Å². The third-order valence-corrected chi connectivity index (χ3v) is 5.34. The molecule has 2 aromatic carbocycles. The monoisotopic (exact) mass is 385 g/mol. The van der Waals surface area contributed by atoms with Crippen molar-refractivity contribution in [1.29, 1.82) is 0 Å². The zero-order valence-corrected chi connectivity index (χ0v) is 16.8. The number of hydrogen-bond acceptors (Lipinski definition) is 3. The number of esters is 1. The van der Waals surface area contributed by atoms with E-state index in [4.69, 9.17) is 16.3 Å². The van der Waals surface area contributed by atoms with Crippen molar-refractivity contribution in [3.8, 4) is 5.75 Å². The summed E-state index contributed by atoms with van der Waals surface area (Å²) in [6.45, 7) is 8.56. The zero-order valence-electron chi connectivity index (χ0n) is 16.1. The van der Waals surface area contributed by atoms with E-state index in [0.717, 1.165) is 11.3 Å². The predicted octanol–water partition coefficient (Wildman–Crippen LogP) is 4.90. The third kappa shape index (κ3) is 4.16. The van der Waals surface area contributed by atoms with Gasteiger partial charge in [0.15, 0.2) is 0 Å². The second kappa shape index (κ2) is 7.35. The average Bonchev–Trinajstić information content (AvgIpc) is 2.99. The van der Waals surface area contributed by atoms with Crippen molar-refractivity contribution in [2.75, 3.05) is 11.4 Å². The zero-order chi connectivity index (χ0) is 19.8. The SMILES string of the molecule is Cc1c(Cl)cccc1N1C[C@H](C(=O)Oc2ccc(C(C)(C)C)cc2)CC1=O. The van der Waals surface area contributed by atoms with Crippen molar-refractivity contribution in [2.45, 2.75) is 39.5 Å². The van der Waals surface area contributed by atoms with Crippen molar-refractivity contribution in [3.05, 3.63) is 58.6 Å². The fourth-order valence-electron chi connectivity index (χ4n) is 3.21. The van der Waals surface area contributed by atoms with Crippen LogP contribution in [0.1, 0.15) is 38.3 Å². The smallest absolute Gasteiger partial charge is 0.316 e. The van der Waals surface area contributed by atoms with Crippen LogP contribution in [0.2, 0.25) is 5.02 Å². The van der Waals surface area contributed by atoms with Crippen LogP contribution in [0.5, 0.6) is 5.75 Å². The summed E-state index contributed by atoms with van der Waals surface area (Å²) in [7, 11) is 0. The summed E-state index contributed by atoms with van der Waals surface area (Å²) in [5, 5.41) is 0.602. The van der Waals surface area contributed by atoms with Crippen LogP contribution in [-0.4, -0.2) is 18.4 Å². The first-order chi connectivity index (χ1) is 12.7. The topological polar surface area (TPSA) is 46.6 Å². The molecule has 2 aromatic rings. The Morgan fingerprint density at radius 1 is 1.15 bits per heavy atom. The van der Waals surface area contributed by atoms with Crippen molar-refractivity contribution in [2.24, 2.45) is 5.92 Å². The fourth-order valence-corrected chi connectivity index (χ4v) is 3.38. The summed E-state index contributed by atoms with van der Waals surface area (Å²) in [6.07, 6.45) is 0.144. The normalized spacial score (nSPS) is 17.3. The Kier molecular flexibility index (Phi) is 5.29. The molecule has 0 unspecified atom stereocenters. The maximum absolute atomic E-state index is 12.5. The van der Waals surface area contributed by atoms with Gasteiger partial charge in [0, 0.05) is 23.7 Å². The number of benzene rings is 2. The minimum Gasteiger partial charge on any atom is -0.426 e. The van der Waals surface area contributed by atoms with Crippen LogP contribution in [0.25, 0.3) is 0 Å².